The molecule has 3 aromatic rings. The van der Waals surface area contributed by atoms with Gasteiger partial charge in [-0.05, 0) is 31.4 Å². The standard InChI is InChI=1S/C24H27N3O4/c1-24(2,31)17-10-6-9-15-16(20(27-21(15)17)14-7-4-3-5-8-14)11-12-19(29)26-22-18(28)13-25-23(22)30/h3-10,18,22,27-28,31H,11-13H2,1-2H3,(H,25,30)(H,26,29)/t18-,22+/m1/s1. The van der Waals surface area contributed by atoms with Crippen molar-refractivity contribution in [2.75, 3.05) is 6.54 Å². The van der Waals surface area contributed by atoms with Gasteiger partial charge in [0.1, 0.15) is 12.1 Å². The van der Waals surface area contributed by atoms with Crippen LogP contribution in [0, 0.1) is 0 Å². The van der Waals surface area contributed by atoms with Gasteiger partial charge in [0.25, 0.3) is 0 Å². The Bertz CT molecular complexity index is 1120. The molecule has 7 heteroatoms. The zero-order valence-electron chi connectivity index (χ0n) is 17.6. The van der Waals surface area contributed by atoms with Crippen molar-refractivity contribution < 1.29 is 19.8 Å². The summed E-state index contributed by atoms with van der Waals surface area (Å²) in [7, 11) is 0. The zero-order valence-corrected chi connectivity index (χ0v) is 17.6. The summed E-state index contributed by atoms with van der Waals surface area (Å²) in [6.07, 6.45) is -0.315. The van der Waals surface area contributed by atoms with Crippen LogP contribution in [0.5, 0.6) is 0 Å². The van der Waals surface area contributed by atoms with Gasteiger partial charge in [-0.1, -0.05) is 48.5 Å². The van der Waals surface area contributed by atoms with Crippen LogP contribution in [0.25, 0.3) is 22.2 Å². The maximum atomic E-state index is 12.5. The number of aryl methyl sites for hydroxylation is 1. The van der Waals surface area contributed by atoms with Gasteiger partial charge in [0.15, 0.2) is 0 Å². The van der Waals surface area contributed by atoms with Gasteiger partial charge in [0.2, 0.25) is 11.8 Å². The Morgan fingerprint density at radius 3 is 2.55 bits per heavy atom. The molecule has 2 heterocycles. The molecule has 1 aliphatic heterocycles. The van der Waals surface area contributed by atoms with Crippen molar-refractivity contribution in [1.29, 1.82) is 0 Å². The predicted octanol–water partition coefficient (Wildman–Crippen LogP) is 1.97. The van der Waals surface area contributed by atoms with E-state index in [2.05, 4.69) is 15.6 Å². The van der Waals surface area contributed by atoms with E-state index in [0.717, 1.165) is 33.3 Å². The maximum Gasteiger partial charge on any atom is 0.245 e. The van der Waals surface area contributed by atoms with E-state index in [9.17, 15) is 19.8 Å². The molecule has 0 radical (unpaired) electrons. The van der Waals surface area contributed by atoms with E-state index in [0.29, 0.717) is 6.42 Å². The first-order valence-corrected chi connectivity index (χ1v) is 10.4. The van der Waals surface area contributed by atoms with E-state index in [4.69, 9.17) is 0 Å². The van der Waals surface area contributed by atoms with E-state index in [1.54, 1.807) is 13.8 Å². The largest absolute Gasteiger partial charge is 0.389 e. The van der Waals surface area contributed by atoms with Gasteiger partial charge in [-0.2, -0.15) is 0 Å². The van der Waals surface area contributed by atoms with Crippen molar-refractivity contribution in [2.45, 2.75) is 44.4 Å². The number of β-amino-alcohol motifs (C(OH)–C–C–N with tert-alkyl or cyclic N) is 1. The lowest BCUT2D eigenvalue weighted by Crippen LogP contribution is -2.45. The number of carbonyl (C=O) groups is 2. The second kappa shape index (κ2) is 8.17. The highest BCUT2D eigenvalue weighted by atomic mass is 16.3. The van der Waals surface area contributed by atoms with Gasteiger partial charge in [0.05, 0.1) is 11.1 Å². The average molecular weight is 421 g/mol. The first-order chi connectivity index (χ1) is 14.8. The number of aliphatic hydroxyl groups is 2. The Balaban J connectivity index is 1.67. The number of rotatable bonds is 6. The van der Waals surface area contributed by atoms with Crippen LogP contribution in [-0.4, -0.2) is 45.7 Å². The summed E-state index contributed by atoms with van der Waals surface area (Å²) in [6.45, 7) is 3.63. The van der Waals surface area contributed by atoms with Crippen molar-refractivity contribution in [1.82, 2.24) is 15.6 Å². The molecule has 4 rings (SSSR count). The number of carbonyl (C=O) groups excluding carboxylic acids is 2. The highest BCUT2D eigenvalue weighted by Gasteiger charge is 2.34. The average Bonchev–Trinajstić information content (AvgIpc) is 3.27. The molecule has 0 bridgehead atoms. The fourth-order valence-electron chi connectivity index (χ4n) is 4.15. The van der Waals surface area contributed by atoms with Crippen LogP contribution >= 0.6 is 0 Å². The van der Waals surface area contributed by atoms with Crippen molar-refractivity contribution in [3.63, 3.8) is 0 Å². The van der Waals surface area contributed by atoms with Crippen molar-refractivity contribution >= 4 is 22.7 Å². The monoisotopic (exact) mass is 421 g/mol. The number of hydrogen-bond acceptors (Lipinski definition) is 4. The summed E-state index contributed by atoms with van der Waals surface area (Å²) in [5, 5.41) is 26.6. The summed E-state index contributed by atoms with van der Waals surface area (Å²) >= 11 is 0. The van der Waals surface area contributed by atoms with Gasteiger partial charge in [-0.3, -0.25) is 9.59 Å². The lowest BCUT2D eigenvalue weighted by molar-refractivity contribution is -0.128. The molecule has 1 aromatic heterocycles. The topological polar surface area (TPSA) is 114 Å². The number of amides is 2. The molecule has 1 fully saturated rings. The molecule has 162 valence electrons. The Morgan fingerprint density at radius 1 is 1.16 bits per heavy atom. The summed E-state index contributed by atoms with van der Waals surface area (Å²) in [6, 6.07) is 14.7. The molecule has 0 spiro atoms. The van der Waals surface area contributed by atoms with E-state index in [1.165, 1.54) is 0 Å². The Morgan fingerprint density at radius 2 is 1.90 bits per heavy atom. The molecule has 7 nitrogen and oxygen atoms in total. The van der Waals surface area contributed by atoms with Gasteiger partial charge in [-0.15, -0.1) is 0 Å². The predicted molar refractivity (Wildman–Crippen MR) is 118 cm³/mol. The third kappa shape index (κ3) is 4.19. The Kier molecular flexibility index (Phi) is 5.56. The number of nitrogens with one attached hydrogen (secondary N) is 3. The molecule has 1 aliphatic rings. The number of hydrogen-bond donors (Lipinski definition) is 5. The number of aromatic amines is 1. The van der Waals surface area contributed by atoms with Crippen molar-refractivity contribution in [3.05, 3.63) is 59.7 Å². The molecule has 31 heavy (non-hydrogen) atoms. The third-order valence-corrected chi connectivity index (χ3v) is 5.73. The van der Waals surface area contributed by atoms with E-state index in [-0.39, 0.29) is 24.8 Å². The van der Waals surface area contributed by atoms with Crippen LogP contribution in [0.2, 0.25) is 0 Å². The van der Waals surface area contributed by atoms with E-state index < -0.39 is 17.7 Å². The number of H-pyrrole nitrogens is 1. The fraction of sp³-hybridized carbons (Fsp3) is 0.333. The zero-order chi connectivity index (χ0) is 22.2. The van der Waals surface area contributed by atoms with Crippen LogP contribution < -0.4 is 10.6 Å². The number of aliphatic hydroxyl groups excluding tert-OH is 1. The molecule has 5 N–H and O–H groups in total. The number of benzene rings is 2. The molecular weight excluding hydrogens is 394 g/mol. The Hall–Kier alpha value is -3.16. The first kappa shape index (κ1) is 21.1. The second-order valence-corrected chi connectivity index (χ2v) is 8.49. The molecule has 0 aliphatic carbocycles. The van der Waals surface area contributed by atoms with Crippen LogP contribution in [0.1, 0.15) is 31.4 Å². The molecule has 2 atom stereocenters. The molecule has 2 aromatic carbocycles. The fourth-order valence-corrected chi connectivity index (χ4v) is 4.15. The van der Waals surface area contributed by atoms with Crippen molar-refractivity contribution in [3.8, 4) is 11.3 Å². The summed E-state index contributed by atoms with van der Waals surface area (Å²) in [5.74, 6) is -0.666. The second-order valence-electron chi connectivity index (χ2n) is 8.49. The van der Waals surface area contributed by atoms with Crippen LogP contribution in [-0.2, 0) is 21.6 Å². The van der Waals surface area contributed by atoms with Gasteiger partial charge in [-0.25, -0.2) is 0 Å². The molecule has 0 unspecified atom stereocenters. The lowest BCUT2D eigenvalue weighted by atomic mass is 9.94. The van der Waals surface area contributed by atoms with Gasteiger partial charge in [0, 0.05) is 29.6 Å². The number of aromatic nitrogens is 1. The molecule has 0 saturated carbocycles. The smallest absolute Gasteiger partial charge is 0.245 e. The van der Waals surface area contributed by atoms with Crippen molar-refractivity contribution in [2.24, 2.45) is 0 Å². The lowest BCUT2D eigenvalue weighted by Gasteiger charge is -2.18. The first-order valence-electron chi connectivity index (χ1n) is 10.4. The normalized spacial score (nSPS) is 18.9. The SMILES string of the molecule is CC(C)(O)c1cccc2c(CCC(=O)N[C@@H]3C(=O)NC[C@H]3O)c(-c3ccccc3)[nH]c12. The van der Waals surface area contributed by atoms with Gasteiger partial charge >= 0.3 is 0 Å². The summed E-state index contributed by atoms with van der Waals surface area (Å²) in [5.41, 5.74) is 3.45. The minimum absolute atomic E-state index is 0.143. The number of fused-ring (bicyclic) bond motifs is 1. The number of para-hydroxylation sites is 1. The van der Waals surface area contributed by atoms with E-state index in [1.807, 2.05) is 48.5 Å². The highest BCUT2D eigenvalue weighted by Crippen LogP contribution is 2.36. The highest BCUT2D eigenvalue weighted by molar-refractivity contribution is 5.94. The molecule has 2 amide bonds. The minimum Gasteiger partial charge on any atom is -0.389 e. The summed E-state index contributed by atoms with van der Waals surface area (Å²) in [4.78, 5) is 27.8. The van der Waals surface area contributed by atoms with Crippen LogP contribution in [0.3, 0.4) is 0 Å². The molecule has 1 saturated heterocycles. The molecular formula is C24H27N3O4. The summed E-state index contributed by atoms with van der Waals surface area (Å²) < 4.78 is 0. The Labute approximate surface area is 180 Å². The third-order valence-electron chi connectivity index (χ3n) is 5.73. The minimum atomic E-state index is -1.03. The van der Waals surface area contributed by atoms with Gasteiger partial charge < -0.3 is 25.8 Å². The van der Waals surface area contributed by atoms with Crippen LogP contribution in [0.4, 0.5) is 0 Å². The van der Waals surface area contributed by atoms with Crippen LogP contribution in [0.15, 0.2) is 48.5 Å². The maximum absolute atomic E-state index is 12.5. The quantitative estimate of drug-likeness (QED) is 0.419. The van der Waals surface area contributed by atoms with E-state index >= 15 is 0 Å².